The first kappa shape index (κ1) is 35.2. The van der Waals surface area contributed by atoms with Gasteiger partial charge in [0, 0.05) is 19.3 Å². The molecule has 1 unspecified atom stereocenters. The van der Waals surface area contributed by atoms with Gasteiger partial charge < -0.3 is 30.6 Å². The minimum absolute atomic E-state index is 0.0930. The molecule has 0 radical (unpaired) electrons. The fourth-order valence-corrected chi connectivity index (χ4v) is 6.11. The van der Waals surface area contributed by atoms with Gasteiger partial charge in [-0.15, -0.1) is 0 Å². The fourth-order valence-electron chi connectivity index (χ4n) is 6.11. The van der Waals surface area contributed by atoms with Crippen LogP contribution in [0.3, 0.4) is 0 Å². The Balaban J connectivity index is 1.32. The Morgan fingerprint density at radius 1 is 0.918 bits per heavy atom. The third-order valence-electron chi connectivity index (χ3n) is 9.03. The highest BCUT2D eigenvalue weighted by Gasteiger charge is 2.42. The van der Waals surface area contributed by atoms with Gasteiger partial charge in [0.1, 0.15) is 17.9 Å². The second-order valence-electron chi connectivity index (χ2n) is 13.1. The number of nitrogens with one attached hydrogen (secondary N) is 2. The van der Waals surface area contributed by atoms with E-state index in [-0.39, 0.29) is 30.7 Å². The Bertz CT molecular complexity index is 1730. The van der Waals surface area contributed by atoms with Crippen molar-refractivity contribution in [3.63, 3.8) is 0 Å². The predicted molar refractivity (Wildman–Crippen MR) is 186 cm³/mol. The van der Waals surface area contributed by atoms with E-state index in [4.69, 9.17) is 10.5 Å². The van der Waals surface area contributed by atoms with Crippen molar-refractivity contribution in [2.24, 2.45) is 5.73 Å². The molecule has 3 amide bonds. The number of aromatic nitrogens is 2. The Morgan fingerprint density at radius 3 is 2.10 bits per heavy atom. The topological polar surface area (TPSA) is 149 Å². The molecule has 1 aliphatic heterocycles. The molecule has 49 heavy (non-hydrogen) atoms. The van der Waals surface area contributed by atoms with Crippen LogP contribution in [-0.4, -0.2) is 69.2 Å². The van der Waals surface area contributed by atoms with Gasteiger partial charge in [-0.3, -0.25) is 19.2 Å². The van der Waals surface area contributed by atoms with Gasteiger partial charge >= 0.3 is 0 Å². The molecule has 0 saturated carbocycles. The van der Waals surface area contributed by atoms with Crippen LogP contribution in [0.25, 0.3) is 0 Å². The lowest BCUT2D eigenvalue weighted by molar-refractivity contribution is -0.137. The number of anilines is 1. The third kappa shape index (κ3) is 8.48. The van der Waals surface area contributed by atoms with Crippen molar-refractivity contribution in [2.45, 2.75) is 63.3 Å². The van der Waals surface area contributed by atoms with Crippen molar-refractivity contribution in [3.05, 3.63) is 120 Å². The quantitative estimate of drug-likeness (QED) is 0.196. The molecule has 256 valence electrons. The van der Waals surface area contributed by atoms with Gasteiger partial charge in [-0.05, 0) is 50.3 Å². The summed E-state index contributed by atoms with van der Waals surface area (Å²) in [6.45, 7) is 5.70. The van der Waals surface area contributed by atoms with Crippen LogP contribution in [0.15, 0.2) is 104 Å². The maximum absolute atomic E-state index is 14.2. The molecule has 11 nitrogen and oxygen atoms in total. The number of hydrogen-bond acceptors (Lipinski definition) is 7. The molecule has 1 saturated heterocycles. The summed E-state index contributed by atoms with van der Waals surface area (Å²) in [6.07, 6.45) is 4.13. The number of likely N-dealkylation sites (tertiary alicyclic amines) is 1. The number of amides is 3. The van der Waals surface area contributed by atoms with Gasteiger partial charge in [-0.25, -0.2) is 4.98 Å². The van der Waals surface area contributed by atoms with Gasteiger partial charge in [-0.1, -0.05) is 91.0 Å². The zero-order chi connectivity index (χ0) is 35.0. The van der Waals surface area contributed by atoms with Crippen LogP contribution in [0.4, 0.5) is 5.82 Å². The van der Waals surface area contributed by atoms with Crippen LogP contribution < -0.4 is 16.4 Å². The van der Waals surface area contributed by atoms with E-state index in [0.717, 1.165) is 16.7 Å². The van der Waals surface area contributed by atoms with E-state index in [9.17, 15) is 19.2 Å². The number of hydrogen-bond donors (Lipinski definition) is 3. The Hall–Kier alpha value is -5.13. The standard InChI is InChI=1S/C38H44N6O5/c1-27(45)38(30-17-11-6-12-18-30)19-21-43(22-20-38)35(47)33(29-15-9-5-10-16-29)44-23-32(40-26-44)42-34(46)31(41-36(48)37(2,3)39)25-49-24-28-13-7-4-8-14-28/h4-18,23,26,31,33H,19-22,24-25,39H2,1-3H3,(H,41,48)(H,42,46)/t31-,33?/m1/s1. The number of carbonyl (C=O) groups excluding carboxylic acids is 4. The van der Waals surface area contributed by atoms with Crippen molar-refractivity contribution >= 4 is 29.3 Å². The second-order valence-corrected chi connectivity index (χ2v) is 13.1. The van der Waals surface area contributed by atoms with E-state index in [1.54, 1.807) is 36.4 Å². The number of nitrogens with zero attached hydrogens (tertiary/aromatic N) is 3. The molecule has 2 atom stereocenters. The Labute approximate surface area is 286 Å². The van der Waals surface area contributed by atoms with Crippen molar-refractivity contribution < 1.29 is 23.9 Å². The molecule has 0 aliphatic carbocycles. The average molecular weight is 665 g/mol. The molecule has 4 N–H and O–H groups in total. The van der Waals surface area contributed by atoms with Crippen LogP contribution in [0.1, 0.15) is 56.3 Å². The number of imidazole rings is 1. The third-order valence-corrected chi connectivity index (χ3v) is 9.03. The molecule has 11 heteroatoms. The summed E-state index contributed by atoms with van der Waals surface area (Å²) >= 11 is 0. The number of ketones is 1. The molecule has 2 heterocycles. The molecular formula is C38H44N6O5. The van der Waals surface area contributed by atoms with Crippen LogP contribution in [0.2, 0.25) is 0 Å². The summed E-state index contributed by atoms with van der Waals surface area (Å²) < 4.78 is 7.46. The lowest BCUT2D eigenvalue weighted by atomic mass is 9.70. The predicted octanol–water partition coefficient (Wildman–Crippen LogP) is 4.00. The highest BCUT2D eigenvalue weighted by Crippen LogP contribution is 2.37. The molecule has 4 aromatic rings. The van der Waals surface area contributed by atoms with Crippen LogP contribution >= 0.6 is 0 Å². The summed E-state index contributed by atoms with van der Waals surface area (Å²) in [5.74, 6) is -0.909. The molecule has 1 fully saturated rings. The molecule has 0 bridgehead atoms. The van der Waals surface area contributed by atoms with Crippen molar-refractivity contribution in [1.29, 1.82) is 0 Å². The van der Waals surface area contributed by atoms with Gasteiger partial charge in [0.25, 0.3) is 5.91 Å². The number of nitrogens with two attached hydrogens (primary N) is 1. The molecule has 5 rings (SSSR count). The summed E-state index contributed by atoms with van der Waals surface area (Å²) in [7, 11) is 0. The van der Waals surface area contributed by atoms with Gasteiger partial charge in [0.15, 0.2) is 5.82 Å². The van der Waals surface area contributed by atoms with E-state index in [1.807, 2.05) is 91.0 Å². The largest absolute Gasteiger partial charge is 0.374 e. The van der Waals surface area contributed by atoms with E-state index in [1.165, 1.54) is 6.33 Å². The van der Waals surface area contributed by atoms with Gasteiger partial charge in [0.2, 0.25) is 11.8 Å². The Kier molecular flexibility index (Phi) is 11.1. The number of Topliss-reactive ketones (excluding diaryl/α,β-unsaturated/α-hetero) is 1. The zero-order valence-electron chi connectivity index (χ0n) is 28.2. The minimum Gasteiger partial charge on any atom is -0.374 e. The lowest BCUT2D eigenvalue weighted by Gasteiger charge is -2.41. The van der Waals surface area contributed by atoms with Gasteiger partial charge in [-0.2, -0.15) is 0 Å². The molecular weight excluding hydrogens is 620 g/mol. The normalized spacial score (nSPS) is 15.6. The van der Waals surface area contributed by atoms with Crippen LogP contribution in [-0.2, 0) is 35.9 Å². The fraction of sp³-hybridized carbons (Fsp3) is 0.342. The maximum Gasteiger partial charge on any atom is 0.250 e. The highest BCUT2D eigenvalue weighted by atomic mass is 16.5. The summed E-state index contributed by atoms with van der Waals surface area (Å²) in [5.41, 5.74) is 6.77. The SMILES string of the molecule is CC(=O)C1(c2ccccc2)CCN(C(=O)C(c2ccccc2)n2cnc(NC(=O)[C@@H](COCc3ccccc3)NC(=O)C(C)(C)N)c2)CC1. The first-order valence-electron chi connectivity index (χ1n) is 16.4. The van der Waals surface area contributed by atoms with Crippen molar-refractivity contribution in [1.82, 2.24) is 19.8 Å². The first-order chi connectivity index (χ1) is 23.5. The highest BCUT2D eigenvalue weighted by molar-refractivity contribution is 5.98. The molecule has 1 aromatic heterocycles. The van der Waals surface area contributed by atoms with E-state index in [2.05, 4.69) is 15.6 Å². The van der Waals surface area contributed by atoms with Crippen LogP contribution in [0, 0.1) is 0 Å². The summed E-state index contributed by atoms with van der Waals surface area (Å²) in [5, 5.41) is 5.45. The van der Waals surface area contributed by atoms with Crippen LogP contribution in [0.5, 0.6) is 0 Å². The van der Waals surface area contributed by atoms with Crippen molar-refractivity contribution in [2.75, 3.05) is 25.0 Å². The number of benzene rings is 3. The summed E-state index contributed by atoms with van der Waals surface area (Å²) in [6, 6.07) is 26.8. The van der Waals surface area contributed by atoms with E-state index in [0.29, 0.717) is 25.9 Å². The number of carbonyl (C=O) groups is 4. The first-order valence-corrected chi connectivity index (χ1v) is 16.4. The van der Waals surface area contributed by atoms with Gasteiger partial charge in [0.05, 0.1) is 30.5 Å². The number of ether oxygens (including phenoxy) is 1. The molecule has 1 aliphatic rings. The summed E-state index contributed by atoms with van der Waals surface area (Å²) in [4.78, 5) is 59.6. The lowest BCUT2D eigenvalue weighted by Crippen LogP contribution is -2.56. The Morgan fingerprint density at radius 2 is 1.51 bits per heavy atom. The van der Waals surface area contributed by atoms with E-state index < -0.39 is 34.9 Å². The molecule has 3 aromatic carbocycles. The van der Waals surface area contributed by atoms with E-state index >= 15 is 0 Å². The van der Waals surface area contributed by atoms with Crippen molar-refractivity contribution in [3.8, 4) is 0 Å². The minimum atomic E-state index is -1.22. The maximum atomic E-state index is 14.2. The number of rotatable bonds is 13. The second kappa shape index (κ2) is 15.4. The smallest absolute Gasteiger partial charge is 0.250 e. The molecule has 0 spiro atoms. The average Bonchev–Trinajstić information content (AvgIpc) is 3.56. The number of piperidine rings is 1. The monoisotopic (exact) mass is 664 g/mol. The zero-order valence-corrected chi connectivity index (χ0v) is 28.2.